The molecule has 0 amide bonds. The van der Waals surface area contributed by atoms with Crippen molar-refractivity contribution in [1.82, 2.24) is 9.97 Å². The van der Waals surface area contributed by atoms with Crippen molar-refractivity contribution in [1.29, 1.82) is 0 Å². The van der Waals surface area contributed by atoms with Crippen molar-refractivity contribution in [3.05, 3.63) is 41.6 Å². The zero-order chi connectivity index (χ0) is 15.2. The van der Waals surface area contributed by atoms with Crippen LogP contribution in [0.4, 0.5) is 8.78 Å². The highest BCUT2D eigenvalue weighted by Gasteiger charge is 2.09. The van der Waals surface area contributed by atoms with Gasteiger partial charge in [0, 0.05) is 37.5 Å². The van der Waals surface area contributed by atoms with Crippen molar-refractivity contribution < 1.29 is 18.3 Å². The summed E-state index contributed by atoms with van der Waals surface area (Å²) in [5, 5.41) is 0. The third-order valence-corrected chi connectivity index (χ3v) is 2.63. The lowest BCUT2D eigenvalue weighted by Crippen LogP contribution is -2.04. The molecule has 21 heavy (non-hydrogen) atoms. The van der Waals surface area contributed by atoms with Gasteiger partial charge in [0.2, 0.25) is 5.88 Å². The molecule has 1 radical (unpaired) electrons. The van der Waals surface area contributed by atoms with Gasteiger partial charge >= 0.3 is 0 Å². The number of benzene rings is 1. The normalized spacial score (nSPS) is 10.7. The minimum absolute atomic E-state index is 0.212. The van der Waals surface area contributed by atoms with E-state index < -0.39 is 11.6 Å². The van der Waals surface area contributed by atoms with E-state index in [-0.39, 0.29) is 11.4 Å². The van der Waals surface area contributed by atoms with Crippen molar-refractivity contribution >= 4 is 0 Å². The summed E-state index contributed by atoms with van der Waals surface area (Å²) in [5.41, 5.74) is 0.893. The molecule has 1 aromatic carbocycles. The Hall–Kier alpha value is -2.08. The van der Waals surface area contributed by atoms with Crippen LogP contribution in [0.15, 0.2) is 18.2 Å². The number of halogens is 2. The van der Waals surface area contributed by atoms with Crippen LogP contribution < -0.4 is 4.74 Å². The summed E-state index contributed by atoms with van der Waals surface area (Å²) in [5.74, 6) is -1.01. The summed E-state index contributed by atoms with van der Waals surface area (Å²) in [6, 6.07) is 5.85. The Balaban J connectivity index is 2.21. The fraction of sp³-hybridized carbons (Fsp3) is 0.333. The fourth-order valence-electron chi connectivity index (χ4n) is 1.75. The van der Waals surface area contributed by atoms with E-state index in [2.05, 4.69) is 9.97 Å². The average Bonchev–Trinajstić information content (AvgIpc) is 2.42. The van der Waals surface area contributed by atoms with Crippen LogP contribution in [0.1, 0.15) is 12.1 Å². The predicted molar refractivity (Wildman–Crippen MR) is 72.9 cm³/mol. The van der Waals surface area contributed by atoms with Gasteiger partial charge < -0.3 is 9.47 Å². The molecule has 2 aromatic rings. The summed E-state index contributed by atoms with van der Waals surface area (Å²) < 4.78 is 36.8. The van der Waals surface area contributed by atoms with E-state index in [1.54, 1.807) is 20.1 Å². The molecule has 0 unspecified atom stereocenters. The van der Waals surface area contributed by atoms with Crippen LogP contribution in [0.5, 0.6) is 5.88 Å². The molecule has 111 valence electrons. The molecule has 0 saturated heterocycles. The number of nitrogens with zero attached hydrogens (tertiary/aromatic N) is 2. The number of rotatable bonds is 6. The second-order valence-electron chi connectivity index (χ2n) is 4.43. The zero-order valence-electron chi connectivity index (χ0n) is 11.8. The van der Waals surface area contributed by atoms with Gasteiger partial charge in [-0.15, -0.1) is 0 Å². The first-order valence-electron chi connectivity index (χ1n) is 6.44. The molecule has 0 N–H and O–H groups in total. The maximum absolute atomic E-state index is 13.2. The second kappa shape index (κ2) is 7.08. The SMILES string of the molecule is COCCCOc1cc(C)nc(-c2cc(F)[c]c(F)c2)n1. The summed E-state index contributed by atoms with van der Waals surface area (Å²) in [6.45, 7) is 2.78. The van der Waals surface area contributed by atoms with Gasteiger partial charge in [0.25, 0.3) is 0 Å². The first-order valence-corrected chi connectivity index (χ1v) is 6.44. The van der Waals surface area contributed by atoms with Crippen molar-refractivity contribution in [2.24, 2.45) is 0 Å². The lowest BCUT2D eigenvalue weighted by Gasteiger charge is -2.08. The standard InChI is InChI=1S/C15H15F2N2O2/c1-10-6-14(21-5-3-4-20-2)19-15(18-10)11-7-12(16)9-13(17)8-11/h6-8H,3-5H2,1-2H3. The Kier molecular flexibility index (Phi) is 5.16. The van der Waals surface area contributed by atoms with Crippen molar-refractivity contribution in [2.45, 2.75) is 13.3 Å². The number of hydrogen-bond acceptors (Lipinski definition) is 4. The molecule has 1 aromatic heterocycles. The minimum atomic E-state index is -0.794. The van der Waals surface area contributed by atoms with Gasteiger partial charge in [-0.3, -0.25) is 0 Å². The van der Waals surface area contributed by atoms with Crippen molar-refractivity contribution in [2.75, 3.05) is 20.3 Å². The molecule has 4 nitrogen and oxygen atoms in total. The number of methoxy groups -OCH3 is 1. The van der Waals surface area contributed by atoms with Gasteiger partial charge in [0.1, 0.15) is 11.6 Å². The van der Waals surface area contributed by atoms with E-state index in [1.807, 2.05) is 6.07 Å². The summed E-state index contributed by atoms with van der Waals surface area (Å²) in [4.78, 5) is 8.33. The molecule has 1 heterocycles. The van der Waals surface area contributed by atoms with E-state index in [4.69, 9.17) is 9.47 Å². The van der Waals surface area contributed by atoms with Crippen LogP contribution in [0.3, 0.4) is 0 Å². The summed E-state index contributed by atoms with van der Waals surface area (Å²) >= 11 is 0. The summed E-state index contributed by atoms with van der Waals surface area (Å²) in [7, 11) is 1.61. The monoisotopic (exact) mass is 293 g/mol. The Labute approximate surface area is 121 Å². The molecule has 0 saturated carbocycles. The highest BCUT2D eigenvalue weighted by atomic mass is 19.1. The van der Waals surface area contributed by atoms with Crippen molar-refractivity contribution in [3.63, 3.8) is 0 Å². The molecule has 0 aliphatic heterocycles. The summed E-state index contributed by atoms with van der Waals surface area (Å²) in [6.07, 6.45) is 0.721. The molecule has 0 fully saturated rings. The Morgan fingerprint density at radius 1 is 1.10 bits per heavy atom. The van der Waals surface area contributed by atoms with Gasteiger partial charge in [-0.25, -0.2) is 13.8 Å². The van der Waals surface area contributed by atoms with Crippen LogP contribution >= 0.6 is 0 Å². The molecule has 2 rings (SSSR count). The van der Waals surface area contributed by atoms with Gasteiger partial charge in [-0.2, -0.15) is 4.98 Å². The third kappa shape index (κ3) is 4.46. The lowest BCUT2D eigenvalue weighted by atomic mass is 10.2. The topological polar surface area (TPSA) is 44.2 Å². The quantitative estimate of drug-likeness (QED) is 0.768. The van der Waals surface area contributed by atoms with Crippen LogP contribution in [-0.4, -0.2) is 30.3 Å². The van der Waals surface area contributed by atoms with Gasteiger partial charge in [-0.1, -0.05) is 0 Å². The van der Waals surface area contributed by atoms with E-state index in [0.29, 0.717) is 24.8 Å². The Morgan fingerprint density at radius 2 is 1.81 bits per heavy atom. The van der Waals surface area contributed by atoms with Crippen LogP contribution in [0, 0.1) is 24.6 Å². The van der Waals surface area contributed by atoms with Gasteiger partial charge in [0.05, 0.1) is 12.7 Å². The first-order chi connectivity index (χ1) is 10.1. The number of aryl methyl sites for hydroxylation is 1. The van der Waals surface area contributed by atoms with Crippen LogP contribution in [-0.2, 0) is 4.74 Å². The van der Waals surface area contributed by atoms with E-state index >= 15 is 0 Å². The smallest absolute Gasteiger partial charge is 0.217 e. The number of aromatic nitrogens is 2. The average molecular weight is 293 g/mol. The highest BCUT2D eigenvalue weighted by Crippen LogP contribution is 2.21. The number of ether oxygens (including phenoxy) is 2. The van der Waals surface area contributed by atoms with Crippen molar-refractivity contribution in [3.8, 4) is 17.3 Å². The van der Waals surface area contributed by atoms with E-state index in [9.17, 15) is 8.78 Å². The molecular weight excluding hydrogens is 278 g/mol. The molecule has 0 spiro atoms. The highest BCUT2D eigenvalue weighted by molar-refractivity contribution is 5.55. The predicted octanol–water partition coefficient (Wildman–Crippen LogP) is 2.95. The zero-order valence-corrected chi connectivity index (χ0v) is 11.8. The molecule has 6 heteroatoms. The number of hydrogen-bond donors (Lipinski definition) is 0. The van der Waals surface area contributed by atoms with Gasteiger partial charge in [0.15, 0.2) is 5.82 Å². The van der Waals surface area contributed by atoms with E-state index in [1.165, 1.54) is 0 Å². The maximum atomic E-state index is 13.2. The van der Waals surface area contributed by atoms with Crippen LogP contribution in [0.2, 0.25) is 0 Å². The Morgan fingerprint density at radius 3 is 2.48 bits per heavy atom. The van der Waals surface area contributed by atoms with E-state index in [0.717, 1.165) is 18.6 Å². The fourth-order valence-corrected chi connectivity index (χ4v) is 1.75. The maximum Gasteiger partial charge on any atom is 0.217 e. The molecule has 0 aliphatic rings. The molecule has 0 atom stereocenters. The largest absolute Gasteiger partial charge is 0.477 e. The third-order valence-electron chi connectivity index (χ3n) is 2.63. The molecule has 0 bridgehead atoms. The second-order valence-corrected chi connectivity index (χ2v) is 4.43. The Bertz CT molecular complexity index is 600. The van der Waals surface area contributed by atoms with Crippen LogP contribution in [0.25, 0.3) is 11.4 Å². The first kappa shape index (κ1) is 15.3. The minimum Gasteiger partial charge on any atom is -0.477 e. The molecule has 0 aliphatic carbocycles. The lowest BCUT2D eigenvalue weighted by molar-refractivity contribution is 0.170. The molecular formula is C15H15F2N2O2. The van der Waals surface area contributed by atoms with Gasteiger partial charge in [-0.05, 0) is 19.1 Å².